The standard InChI is InChI=1S/C13H13N5O2/c1-14-7-10-8-19-13(16-10)20-12-15-9-18(17-12)11-5-3-2-4-6-11/h2-6,8-9,14H,7H2,1H3. The molecule has 102 valence electrons. The largest absolute Gasteiger partial charge is 0.417 e. The molecule has 0 amide bonds. The quantitative estimate of drug-likeness (QED) is 0.762. The van der Waals surface area contributed by atoms with Crippen LogP contribution in [-0.2, 0) is 6.54 Å². The van der Waals surface area contributed by atoms with Crippen molar-refractivity contribution in [3.05, 3.63) is 48.6 Å². The van der Waals surface area contributed by atoms with Gasteiger partial charge in [-0.15, -0.1) is 5.10 Å². The van der Waals surface area contributed by atoms with Gasteiger partial charge in [-0.1, -0.05) is 18.2 Å². The Morgan fingerprint density at radius 3 is 2.95 bits per heavy atom. The van der Waals surface area contributed by atoms with Crippen LogP contribution in [0.4, 0.5) is 0 Å². The van der Waals surface area contributed by atoms with Gasteiger partial charge in [0.1, 0.15) is 12.6 Å². The van der Waals surface area contributed by atoms with E-state index < -0.39 is 0 Å². The maximum atomic E-state index is 5.36. The number of oxazole rings is 1. The number of nitrogens with one attached hydrogen (secondary N) is 1. The number of para-hydroxylation sites is 1. The number of ether oxygens (including phenoxy) is 1. The molecule has 7 nitrogen and oxygen atoms in total. The molecule has 0 saturated heterocycles. The second-order valence-electron chi connectivity index (χ2n) is 4.04. The molecule has 2 aromatic heterocycles. The Morgan fingerprint density at radius 1 is 1.30 bits per heavy atom. The van der Waals surface area contributed by atoms with E-state index in [0.29, 0.717) is 6.54 Å². The van der Waals surface area contributed by atoms with Crippen molar-refractivity contribution >= 4 is 0 Å². The minimum absolute atomic E-state index is 0.126. The summed E-state index contributed by atoms with van der Waals surface area (Å²) in [5, 5.41) is 7.17. The Labute approximate surface area is 115 Å². The summed E-state index contributed by atoms with van der Waals surface area (Å²) in [6, 6.07) is 9.83. The van der Waals surface area contributed by atoms with Crippen LogP contribution in [0, 0.1) is 0 Å². The molecule has 0 aliphatic rings. The predicted octanol–water partition coefficient (Wildman–Crippen LogP) is 1.77. The Balaban J connectivity index is 1.73. The zero-order valence-corrected chi connectivity index (χ0v) is 10.9. The summed E-state index contributed by atoms with van der Waals surface area (Å²) in [6.07, 6.45) is 3.23. The van der Waals surface area contributed by atoms with Crippen LogP contribution >= 0.6 is 0 Å². The van der Waals surface area contributed by atoms with Crippen LogP contribution in [-0.4, -0.2) is 26.8 Å². The van der Waals surface area contributed by atoms with Gasteiger partial charge in [0.2, 0.25) is 0 Å². The maximum absolute atomic E-state index is 5.36. The first-order chi connectivity index (χ1) is 9.85. The van der Waals surface area contributed by atoms with Crippen molar-refractivity contribution in [2.75, 3.05) is 7.05 Å². The second kappa shape index (κ2) is 5.54. The molecule has 0 bridgehead atoms. The summed E-state index contributed by atoms with van der Waals surface area (Å²) in [5.41, 5.74) is 1.66. The molecule has 2 heterocycles. The molecule has 7 heteroatoms. The van der Waals surface area contributed by atoms with Crippen LogP contribution in [0.5, 0.6) is 12.1 Å². The van der Waals surface area contributed by atoms with Gasteiger partial charge in [-0.3, -0.25) is 0 Å². The number of nitrogens with zero attached hydrogens (tertiary/aromatic N) is 4. The predicted molar refractivity (Wildman–Crippen MR) is 70.7 cm³/mol. The molecular formula is C13H13N5O2. The molecule has 0 spiro atoms. The third-order valence-electron chi connectivity index (χ3n) is 2.56. The van der Waals surface area contributed by atoms with Crippen LogP contribution in [0.1, 0.15) is 5.69 Å². The first kappa shape index (κ1) is 12.4. The van der Waals surface area contributed by atoms with Gasteiger partial charge < -0.3 is 14.5 Å². The third-order valence-corrected chi connectivity index (χ3v) is 2.56. The average molecular weight is 271 g/mol. The lowest BCUT2D eigenvalue weighted by molar-refractivity contribution is 0.311. The number of rotatable bonds is 5. The molecule has 3 rings (SSSR count). The van der Waals surface area contributed by atoms with E-state index in [1.165, 1.54) is 6.26 Å². The van der Waals surface area contributed by atoms with E-state index in [0.717, 1.165) is 11.4 Å². The smallest absolute Gasteiger partial charge is 0.401 e. The molecule has 1 aromatic carbocycles. The first-order valence-electron chi connectivity index (χ1n) is 6.09. The molecule has 3 aromatic rings. The van der Waals surface area contributed by atoms with Gasteiger partial charge in [0.15, 0.2) is 0 Å². The number of benzene rings is 1. The zero-order chi connectivity index (χ0) is 13.8. The van der Waals surface area contributed by atoms with E-state index in [4.69, 9.17) is 9.15 Å². The molecular weight excluding hydrogens is 258 g/mol. The third kappa shape index (κ3) is 2.67. The second-order valence-corrected chi connectivity index (χ2v) is 4.04. The van der Waals surface area contributed by atoms with Crippen molar-refractivity contribution in [2.45, 2.75) is 6.54 Å². The van der Waals surface area contributed by atoms with Crippen LogP contribution in [0.15, 0.2) is 47.3 Å². The lowest BCUT2D eigenvalue weighted by Crippen LogP contribution is -2.04. The number of hydrogen-bond donors (Lipinski definition) is 1. The van der Waals surface area contributed by atoms with Gasteiger partial charge in [-0.05, 0) is 19.2 Å². The molecule has 0 atom stereocenters. The van der Waals surface area contributed by atoms with Crippen molar-refractivity contribution in [2.24, 2.45) is 0 Å². The fourth-order valence-electron chi connectivity index (χ4n) is 1.68. The zero-order valence-electron chi connectivity index (χ0n) is 10.9. The van der Waals surface area contributed by atoms with E-state index in [1.807, 2.05) is 37.4 Å². The van der Waals surface area contributed by atoms with E-state index >= 15 is 0 Å². The van der Waals surface area contributed by atoms with Gasteiger partial charge in [0.25, 0.3) is 0 Å². The van der Waals surface area contributed by atoms with Crippen molar-refractivity contribution in [1.82, 2.24) is 25.1 Å². The molecule has 0 fully saturated rings. The number of aromatic nitrogens is 4. The summed E-state index contributed by atoms with van der Waals surface area (Å²) >= 11 is 0. The Bertz CT molecular complexity index is 677. The van der Waals surface area contributed by atoms with Gasteiger partial charge in [-0.25, -0.2) is 4.68 Å². The summed E-state index contributed by atoms with van der Waals surface area (Å²) in [7, 11) is 1.83. The number of hydrogen-bond acceptors (Lipinski definition) is 6. The van der Waals surface area contributed by atoms with Crippen molar-refractivity contribution in [3.8, 4) is 17.8 Å². The van der Waals surface area contributed by atoms with Gasteiger partial charge in [-0.2, -0.15) is 9.97 Å². The lowest BCUT2D eigenvalue weighted by atomic mass is 10.3. The fraction of sp³-hybridized carbons (Fsp3) is 0.154. The molecule has 0 aliphatic heterocycles. The lowest BCUT2D eigenvalue weighted by Gasteiger charge is -1.97. The normalized spacial score (nSPS) is 10.7. The molecule has 0 saturated carbocycles. The monoisotopic (exact) mass is 271 g/mol. The maximum Gasteiger partial charge on any atom is 0.401 e. The molecule has 20 heavy (non-hydrogen) atoms. The highest BCUT2D eigenvalue weighted by Crippen LogP contribution is 2.17. The molecule has 1 N–H and O–H groups in total. The highest BCUT2D eigenvalue weighted by Gasteiger charge is 2.09. The fourth-order valence-corrected chi connectivity index (χ4v) is 1.68. The summed E-state index contributed by atoms with van der Waals surface area (Å²) < 4.78 is 12.2. The minimum atomic E-state index is 0.126. The molecule has 0 aliphatic carbocycles. The van der Waals surface area contributed by atoms with Crippen LogP contribution in [0.3, 0.4) is 0 Å². The van der Waals surface area contributed by atoms with Gasteiger partial charge in [0, 0.05) is 6.54 Å². The SMILES string of the molecule is CNCc1coc(Oc2ncn(-c3ccccc3)n2)n1. The summed E-state index contributed by atoms with van der Waals surface area (Å²) in [5.74, 6) is 0. The van der Waals surface area contributed by atoms with Crippen LogP contribution < -0.4 is 10.1 Å². The Hall–Kier alpha value is -2.67. The van der Waals surface area contributed by atoms with Crippen molar-refractivity contribution < 1.29 is 9.15 Å². The van der Waals surface area contributed by atoms with E-state index in [2.05, 4.69) is 20.4 Å². The highest BCUT2D eigenvalue weighted by molar-refractivity contribution is 5.29. The first-order valence-corrected chi connectivity index (χ1v) is 6.09. The molecule has 0 radical (unpaired) electrons. The Kier molecular flexibility index (Phi) is 3.42. The van der Waals surface area contributed by atoms with E-state index in [1.54, 1.807) is 11.0 Å². The highest BCUT2D eigenvalue weighted by atomic mass is 16.6. The minimum Gasteiger partial charge on any atom is -0.417 e. The topological polar surface area (TPSA) is 78.0 Å². The van der Waals surface area contributed by atoms with Crippen molar-refractivity contribution in [1.29, 1.82) is 0 Å². The van der Waals surface area contributed by atoms with Gasteiger partial charge >= 0.3 is 12.1 Å². The summed E-state index contributed by atoms with van der Waals surface area (Å²) in [4.78, 5) is 8.19. The van der Waals surface area contributed by atoms with Crippen molar-refractivity contribution in [3.63, 3.8) is 0 Å². The van der Waals surface area contributed by atoms with Crippen LogP contribution in [0.2, 0.25) is 0 Å². The summed E-state index contributed by atoms with van der Waals surface area (Å²) in [6.45, 7) is 0.610. The Morgan fingerprint density at radius 2 is 2.15 bits per heavy atom. The molecule has 0 unspecified atom stereocenters. The van der Waals surface area contributed by atoms with Crippen LogP contribution in [0.25, 0.3) is 5.69 Å². The van der Waals surface area contributed by atoms with E-state index in [9.17, 15) is 0 Å². The van der Waals surface area contributed by atoms with Gasteiger partial charge in [0.05, 0.1) is 11.4 Å². The average Bonchev–Trinajstić information content (AvgIpc) is 3.11. The van der Waals surface area contributed by atoms with E-state index in [-0.39, 0.29) is 12.1 Å².